The molecule has 2 aromatic carbocycles. The molecule has 7 nitrogen and oxygen atoms in total. The highest BCUT2D eigenvalue weighted by Crippen LogP contribution is 2.23. The van der Waals surface area contributed by atoms with E-state index in [9.17, 15) is 24.6 Å². The molecule has 1 saturated heterocycles. The van der Waals surface area contributed by atoms with Crippen molar-refractivity contribution in [3.63, 3.8) is 0 Å². The van der Waals surface area contributed by atoms with Gasteiger partial charge in [0.25, 0.3) is 11.8 Å². The Labute approximate surface area is 166 Å². The van der Waals surface area contributed by atoms with Gasteiger partial charge < -0.3 is 20.0 Å². The fourth-order valence-corrected chi connectivity index (χ4v) is 3.20. The first-order valence-corrected chi connectivity index (χ1v) is 9.06. The maximum Gasteiger partial charge on any atom is 0.254 e. The summed E-state index contributed by atoms with van der Waals surface area (Å²) in [4.78, 5) is 40.3. The molecule has 0 unspecified atom stereocenters. The Balaban J connectivity index is 1.73. The van der Waals surface area contributed by atoms with Crippen LogP contribution in [-0.4, -0.2) is 58.0 Å². The van der Waals surface area contributed by atoms with Crippen LogP contribution >= 0.6 is 11.6 Å². The number of hydrogen-bond donors (Lipinski definition) is 2. The lowest BCUT2D eigenvalue weighted by molar-refractivity contribution is 0.0535. The smallest absolute Gasteiger partial charge is 0.254 e. The topological polar surface area (TPSA) is 98.1 Å². The number of aryl methyl sites for hydroxylation is 1. The molecule has 146 valence electrons. The maximum atomic E-state index is 12.8. The Bertz CT molecular complexity index is 983. The summed E-state index contributed by atoms with van der Waals surface area (Å²) in [6.07, 6.45) is 0. The zero-order chi connectivity index (χ0) is 20.4. The number of rotatable bonds is 2. The van der Waals surface area contributed by atoms with Crippen LogP contribution in [0.25, 0.3) is 0 Å². The van der Waals surface area contributed by atoms with Crippen LogP contribution in [-0.2, 0) is 0 Å². The first-order valence-electron chi connectivity index (χ1n) is 8.69. The molecule has 1 aliphatic rings. The summed E-state index contributed by atoms with van der Waals surface area (Å²) in [5.41, 5.74) is 0.253. The monoisotopic (exact) mass is 402 g/mol. The van der Waals surface area contributed by atoms with Gasteiger partial charge in [-0.1, -0.05) is 11.6 Å². The maximum absolute atomic E-state index is 12.8. The van der Waals surface area contributed by atoms with Crippen molar-refractivity contribution in [1.29, 1.82) is 0 Å². The van der Waals surface area contributed by atoms with Crippen molar-refractivity contribution < 1.29 is 19.8 Å². The first-order chi connectivity index (χ1) is 13.3. The second-order valence-corrected chi connectivity index (χ2v) is 7.01. The van der Waals surface area contributed by atoms with Gasteiger partial charge in [-0.2, -0.15) is 0 Å². The molecule has 0 aromatic heterocycles. The van der Waals surface area contributed by atoms with Crippen molar-refractivity contribution in [2.24, 2.45) is 0 Å². The molecule has 1 aliphatic heterocycles. The number of piperazine rings is 1. The summed E-state index contributed by atoms with van der Waals surface area (Å²) >= 11 is 5.84. The van der Waals surface area contributed by atoms with Crippen LogP contribution < -0.4 is 5.43 Å². The molecule has 28 heavy (non-hydrogen) atoms. The van der Waals surface area contributed by atoms with E-state index in [-0.39, 0.29) is 17.4 Å². The van der Waals surface area contributed by atoms with E-state index in [0.717, 1.165) is 12.1 Å². The molecule has 2 N–H and O–H groups in total. The van der Waals surface area contributed by atoms with E-state index in [1.54, 1.807) is 41.0 Å². The minimum Gasteiger partial charge on any atom is -0.504 e. The van der Waals surface area contributed by atoms with Gasteiger partial charge in [-0.3, -0.25) is 14.4 Å². The minimum atomic E-state index is -0.791. The summed E-state index contributed by atoms with van der Waals surface area (Å²) in [5, 5.41) is 19.9. The van der Waals surface area contributed by atoms with Crippen LogP contribution in [0.3, 0.4) is 0 Å². The Hall–Kier alpha value is -3.06. The first kappa shape index (κ1) is 19.7. The van der Waals surface area contributed by atoms with Gasteiger partial charge in [-0.15, -0.1) is 0 Å². The van der Waals surface area contributed by atoms with Crippen LogP contribution in [0.4, 0.5) is 0 Å². The molecule has 0 aliphatic carbocycles. The summed E-state index contributed by atoms with van der Waals surface area (Å²) in [7, 11) is 0. The van der Waals surface area contributed by atoms with Crippen LogP contribution in [0.2, 0.25) is 5.02 Å². The molecule has 1 fully saturated rings. The zero-order valence-corrected chi connectivity index (χ0v) is 15.9. The van der Waals surface area contributed by atoms with Gasteiger partial charge >= 0.3 is 0 Å². The number of aromatic hydroxyl groups is 2. The van der Waals surface area contributed by atoms with E-state index in [2.05, 4.69) is 0 Å². The van der Waals surface area contributed by atoms with Crippen molar-refractivity contribution in [2.75, 3.05) is 26.2 Å². The average Bonchev–Trinajstić information content (AvgIpc) is 2.79. The third-order valence-corrected chi connectivity index (χ3v) is 4.96. The van der Waals surface area contributed by atoms with E-state index in [0.29, 0.717) is 42.3 Å². The van der Waals surface area contributed by atoms with Gasteiger partial charge in [-0.25, -0.2) is 0 Å². The lowest BCUT2D eigenvalue weighted by Crippen LogP contribution is -2.50. The Morgan fingerprint density at radius 2 is 1.46 bits per heavy atom. The normalized spacial score (nSPS) is 14.1. The van der Waals surface area contributed by atoms with Crippen LogP contribution in [0.5, 0.6) is 11.5 Å². The number of halogens is 1. The molecule has 0 saturated carbocycles. The van der Waals surface area contributed by atoms with E-state index >= 15 is 0 Å². The van der Waals surface area contributed by atoms with E-state index in [1.165, 1.54) is 0 Å². The summed E-state index contributed by atoms with van der Waals surface area (Å²) in [5.74, 6) is -1.94. The fraction of sp³-hybridized carbons (Fsp3) is 0.250. The van der Waals surface area contributed by atoms with E-state index in [1.807, 2.05) is 0 Å². The molecule has 2 aromatic rings. The fourth-order valence-electron chi connectivity index (χ4n) is 3.08. The minimum absolute atomic E-state index is 0.132. The van der Waals surface area contributed by atoms with Gasteiger partial charge in [0.15, 0.2) is 5.75 Å². The SMILES string of the molecule is Cc1cc(=O)c(O)c(O)cc1C(=O)N1CCN(C(=O)c2ccc(Cl)cc2)CC1. The van der Waals surface area contributed by atoms with Gasteiger partial charge in [0.2, 0.25) is 11.2 Å². The van der Waals surface area contributed by atoms with E-state index in [4.69, 9.17) is 11.6 Å². The molecule has 3 rings (SSSR count). The van der Waals surface area contributed by atoms with E-state index < -0.39 is 16.9 Å². The van der Waals surface area contributed by atoms with Gasteiger partial charge in [0, 0.05) is 42.3 Å². The molecule has 1 heterocycles. The third-order valence-electron chi connectivity index (χ3n) is 4.71. The van der Waals surface area contributed by atoms with Crippen molar-refractivity contribution in [3.8, 4) is 11.5 Å². The Morgan fingerprint density at radius 1 is 0.929 bits per heavy atom. The van der Waals surface area contributed by atoms with Gasteiger partial charge in [0.1, 0.15) is 0 Å². The van der Waals surface area contributed by atoms with Crippen LogP contribution in [0.15, 0.2) is 41.2 Å². The number of amides is 2. The third kappa shape index (κ3) is 3.94. The lowest BCUT2D eigenvalue weighted by Gasteiger charge is -2.35. The molecule has 0 radical (unpaired) electrons. The molecular weight excluding hydrogens is 384 g/mol. The van der Waals surface area contributed by atoms with Crippen molar-refractivity contribution >= 4 is 23.4 Å². The van der Waals surface area contributed by atoms with Gasteiger partial charge in [-0.05, 0) is 48.9 Å². The molecule has 8 heteroatoms. The van der Waals surface area contributed by atoms with Gasteiger partial charge in [0.05, 0.1) is 0 Å². The Kier molecular flexibility index (Phi) is 5.56. The van der Waals surface area contributed by atoms with Crippen LogP contribution in [0, 0.1) is 6.92 Å². The van der Waals surface area contributed by atoms with Crippen molar-refractivity contribution in [1.82, 2.24) is 9.80 Å². The largest absolute Gasteiger partial charge is 0.504 e. The second-order valence-electron chi connectivity index (χ2n) is 6.57. The highest BCUT2D eigenvalue weighted by molar-refractivity contribution is 6.30. The highest BCUT2D eigenvalue weighted by Gasteiger charge is 2.26. The molecule has 2 amide bonds. The number of nitrogens with zero attached hydrogens (tertiary/aromatic N) is 2. The molecule has 0 spiro atoms. The van der Waals surface area contributed by atoms with Crippen molar-refractivity contribution in [3.05, 3.63) is 68.3 Å². The molecule has 0 atom stereocenters. The quantitative estimate of drug-likeness (QED) is 0.800. The lowest BCUT2D eigenvalue weighted by atomic mass is 10.1. The second kappa shape index (κ2) is 7.90. The molecule has 0 bridgehead atoms. The average molecular weight is 403 g/mol. The predicted octanol–water partition coefficient (Wildman–Crippen LogP) is 2.02. The zero-order valence-electron chi connectivity index (χ0n) is 15.2. The summed E-state index contributed by atoms with van der Waals surface area (Å²) in [6, 6.07) is 8.83. The number of hydrogen-bond acceptors (Lipinski definition) is 5. The number of carbonyl (C=O) groups is 2. The molecular formula is C20H19ClN2O5. The summed E-state index contributed by atoms with van der Waals surface area (Å²) < 4.78 is 0. The number of benzene rings is 1. The van der Waals surface area contributed by atoms with Crippen molar-refractivity contribution in [2.45, 2.75) is 6.92 Å². The predicted molar refractivity (Wildman–Crippen MR) is 104 cm³/mol. The highest BCUT2D eigenvalue weighted by atomic mass is 35.5. The Morgan fingerprint density at radius 3 is 2.04 bits per heavy atom. The standard InChI is InChI=1S/C20H19ClN2O5/c1-12-10-16(24)18(26)17(25)11-15(12)20(28)23-8-6-22(7-9-23)19(27)13-2-4-14(21)5-3-13/h2-5,10-11H,6-9H2,1H3,(H2,24,25,26). The summed E-state index contributed by atoms with van der Waals surface area (Å²) in [6.45, 7) is 2.90. The number of carbonyl (C=O) groups excluding carboxylic acids is 2. The van der Waals surface area contributed by atoms with Crippen LogP contribution in [0.1, 0.15) is 26.3 Å².